The molecule has 7 heteroatoms. The average Bonchev–Trinajstić information content (AvgIpc) is 2.81. The second kappa shape index (κ2) is 5.96. The molecule has 0 N–H and O–H groups in total. The minimum atomic E-state index is -0.556. The Morgan fingerprint density at radius 3 is 2.70 bits per heavy atom. The molecular weight excluding hydrogens is 262 g/mol. The van der Waals surface area contributed by atoms with Crippen LogP contribution in [0.5, 0.6) is 0 Å². The van der Waals surface area contributed by atoms with E-state index in [0.29, 0.717) is 17.9 Å². The van der Waals surface area contributed by atoms with Crippen molar-refractivity contribution < 1.29 is 14.5 Å². The van der Waals surface area contributed by atoms with Crippen molar-refractivity contribution in [3.63, 3.8) is 0 Å². The van der Waals surface area contributed by atoms with E-state index in [4.69, 9.17) is 4.74 Å². The molecule has 1 aromatic carbocycles. The SMILES string of the molecule is Cc1nc([N+](=O)[O-])cn1CCOC(=O)c1ccccc1. The molecule has 2 rings (SSSR count). The third-order valence-corrected chi connectivity index (χ3v) is 2.73. The van der Waals surface area contributed by atoms with Crippen LogP contribution in [0.15, 0.2) is 36.5 Å². The first-order chi connectivity index (χ1) is 9.58. The second-order valence-corrected chi connectivity index (χ2v) is 4.10. The molecule has 0 fully saturated rings. The zero-order valence-corrected chi connectivity index (χ0v) is 10.9. The number of hydrogen-bond donors (Lipinski definition) is 0. The van der Waals surface area contributed by atoms with Gasteiger partial charge in [-0.1, -0.05) is 18.2 Å². The predicted molar refractivity (Wildman–Crippen MR) is 70.3 cm³/mol. The fourth-order valence-electron chi connectivity index (χ4n) is 1.70. The van der Waals surface area contributed by atoms with Gasteiger partial charge in [0.1, 0.15) is 12.8 Å². The number of ether oxygens (including phenoxy) is 1. The molecule has 0 aliphatic rings. The van der Waals surface area contributed by atoms with Gasteiger partial charge >= 0.3 is 11.8 Å². The highest BCUT2D eigenvalue weighted by molar-refractivity contribution is 5.89. The van der Waals surface area contributed by atoms with Crippen LogP contribution >= 0.6 is 0 Å². The molecule has 0 aliphatic carbocycles. The van der Waals surface area contributed by atoms with Crippen molar-refractivity contribution in [2.45, 2.75) is 13.5 Å². The van der Waals surface area contributed by atoms with Gasteiger partial charge in [0.25, 0.3) is 0 Å². The van der Waals surface area contributed by atoms with Crippen LogP contribution in [0.25, 0.3) is 0 Å². The Morgan fingerprint density at radius 2 is 2.10 bits per heavy atom. The molecule has 0 amide bonds. The molecule has 20 heavy (non-hydrogen) atoms. The van der Waals surface area contributed by atoms with Crippen molar-refractivity contribution in [2.24, 2.45) is 0 Å². The number of benzene rings is 1. The molecule has 1 heterocycles. The summed E-state index contributed by atoms with van der Waals surface area (Å²) in [4.78, 5) is 25.5. The van der Waals surface area contributed by atoms with Gasteiger partial charge < -0.3 is 19.4 Å². The van der Waals surface area contributed by atoms with Crippen molar-refractivity contribution in [3.05, 3.63) is 58.0 Å². The molecule has 0 radical (unpaired) electrons. The molecule has 0 unspecified atom stereocenters. The van der Waals surface area contributed by atoms with E-state index in [1.807, 2.05) is 6.07 Å². The van der Waals surface area contributed by atoms with E-state index < -0.39 is 10.9 Å². The topological polar surface area (TPSA) is 87.3 Å². The van der Waals surface area contributed by atoms with Gasteiger partial charge in [0.15, 0.2) is 0 Å². The summed E-state index contributed by atoms with van der Waals surface area (Å²) in [6, 6.07) is 8.63. The number of nitro groups is 1. The molecule has 0 saturated heterocycles. The number of imidazole rings is 1. The van der Waals surface area contributed by atoms with Gasteiger partial charge in [-0.2, -0.15) is 0 Å². The lowest BCUT2D eigenvalue weighted by Gasteiger charge is -2.05. The monoisotopic (exact) mass is 275 g/mol. The van der Waals surface area contributed by atoms with Gasteiger partial charge in [0.05, 0.1) is 12.1 Å². The van der Waals surface area contributed by atoms with Gasteiger partial charge in [0.2, 0.25) is 5.82 Å². The van der Waals surface area contributed by atoms with Crippen molar-refractivity contribution in [3.8, 4) is 0 Å². The summed E-state index contributed by atoms with van der Waals surface area (Å²) in [6.45, 7) is 2.11. The Balaban J connectivity index is 1.90. The lowest BCUT2D eigenvalue weighted by atomic mass is 10.2. The Hall–Kier alpha value is -2.70. The standard InChI is InChI=1S/C13H13N3O4/c1-10-14-12(16(18)19)9-15(10)7-8-20-13(17)11-5-3-2-4-6-11/h2-6,9H,7-8H2,1H3. The lowest BCUT2D eigenvalue weighted by Crippen LogP contribution is -2.11. The third kappa shape index (κ3) is 3.19. The van der Waals surface area contributed by atoms with Crippen LogP contribution in [0.3, 0.4) is 0 Å². The Kier molecular flexibility index (Phi) is 4.09. The first-order valence-corrected chi connectivity index (χ1v) is 5.98. The van der Waals surface area contributed by atoms with Crippen LogP contribution < -0.4 is 0 Å². The van der Waals surface area contributed by atoms with Gasteiger partial charge in [-0.15, -0.1) is 0 Å². The van der Waals surface area contributed by atoms with Crippen LogP contribution in [0, 0.1) is 17.0 Å². The van der Waals surface area contributed by atoms with Crippen LogP contribution in [0.1, 0.15) is 16.2 Å². The zero-order valence-electron chi connectivity index (χ0n) is 10.9. The van der Waals surface area contributed by atoms with E-state index in [0.717, 1.165) is 0 Å². The third-order valence-electron chi connectivity index (χ3n) is 2.73. The van der Waals surface area contributed by atoms with Crippen molar-refractivity contribution in [2.75, 3.05) is 6.61 Å². The number of esters is 1. The average molecular weight is 275 g/mol. The molecule has 1 aromatic heterocycles. The number of carbonyl (C=O) groups excluding carboxylic acids is 1. The first-order valence-electron chi connectivity index (χ1n) is 5.98. The second-order valence-electron chi connectivity index (χ2n) is 4.10. The summed E-state index contributed by atoms with van der Waals surface area (Å²) in [5.74, 6) is -0.123. The normalized spacial score (nSPS) is 10.2. The minimum Gasteiger partial charge on any atom is -0.460 e. The summed E-state index contributed by atoms with van der Waals surface area (Å²) in [5.41, 5.74) is 0.473. The Morgan fingerprint density at radius 1 is 1.40 bits per heavy atom. The van der Waals surface area contributed by atoms with Crippen molar-refractivity contribution >= 4 is 11.8 Å². The van der Waals surface area contributed by atoms with Crippen LogP contribution in [-0.4, -0.2) is 27.1 Å². The summed E-state index contributed by atoms with van der Waals surface area (Å²) >= 11 is 0. The van der Waals surface area contributed by atoms with E-state index in [1.165, 1.54) is 6.20 Å². The first kappa shape index (κ1) is 13.7. The van der Waals surface area contributed by atoms with E-state index in [9.17, 15) is 14.9 Å². The molecule has 0 aliphatic heterocycles. The number of aryl methyl sites for hydroxylation is 1. The summed E-state index contributed by atoms with van der Waals surface area (Å²) in [7, 11) is 0. The number of aromatic nitrogens is 2. The van der Waals surface area contributed by atoms with Gasteiger partial charge in [-0.25, -0.2) is 4.79 Å². The number of carbonyl (C=O) groups is 1. The molecule has 104 valence electrons. The van der Waals surface area contributed by atoms with Gasteiger partial charge in [0, 0.05) is 6.92 Å². The number of nitrogens with zero attached hydrogens (tertiary/aromatic N) is 3. The molecule has 0 saturated carbocycles. The Bertz CT molecular complexity index is 622. The Labute approximate surface area is 115 Å². The highest BCUT2D eigenvalue weighted by atomic mass is 16.6. The fraction of sp³-hybridized carbons (Fsp3) is 0.231. The maximum absolute atomic E-state index is 11.7. The van der Waals surface area contributed by atoms with Gasteiger partial charge in [-0.05, 0) is 22.0 Å². The van der Waals surface area contributed by atoms with E-state index in [1.54, 1.807) is 35.8 Å². The molecule has 2 aromatic rings. The molecule has 0 atom stereocenters. The summed E-state index contributed by atoms with van der Waals surface area (Å²) in [6.07, 6.45) is 1.33. The largest absolute Gasteiger partial charge is 0.460 e. The summed E-state index contributed by atoms with van der Waals surface area (Å²) < 4.78 is 6.68. The number of rotatable bonds is 5. The zero-order chi connectivity index (χ0) is 14.5. The minimum absolute atomic E-state index is 0.127. The van der Waals surface area contributed by atoms with Crippen molar-refractivity contribution in [1.29, 1.82) is 0 Å². The smallest absolute Gasteiger partial charge is 0.381 e. The predicted octanol–water partition coefficient (Wildman–Crippen LogP) is 1.96. The highest BCUT2D eigenvalue weighted by Crippen LogP contribution is 2.10. The number of hydrogen-bond acceptors (Lipinski definition) is 5. The fourth-order valence-corrected chi connectivity index (χ4v) is 1.70. The van der Waals surface area contributed by atoms with Crippen LogP contribution in [-0.2, 0) is 11.3 Å². The molecular formula is C13H13N3O4. The quantitative estimate of drug-likeness (QED) is 0.473. The maximum Gasteiger partial charge on any atom is 0.381 e. The highest BCUT2D eigenvalue weighted by Gasteiger charge is 2.15. The van der Waals surface area contributed by atoms with Crippen LogP contribution in [0.4, 0.5) is 5.82 Å². The van der Waals surface area contributed by atoms with E-state index >= 15 is 0 Å². The lowest BCUT2D eigenvalue weighted by molar-refractivity contribution is -0.389. The molecule has 0 bridgehead atoms. The maximum atomic E-state index is 11.7. The van der Waals surface area contributed by atoms with Crippen molar-refractivity contribution in [1.82, 2.24) is 9.55 Å². The van der Waals surface area contributed by atoms with E-state index in [2.05, 4.69) is 4.98 Å². The van der Waals surface area contributed by atoms with Gasteiger partial charge in [-0.3, -0.25) is 0 Å². The molecule has 0 spiro atoms. The van der Waals surface area contributed by atoms with E-state index in [-0.39, 0.29) is 12.4 Å². The molecule has 7 nitrogen and oxygen atoms in total. The van der Waals surface area contributed by atoms with Crippen LogP contribution in [0.2, 0.25) is 0 Å². The summed E-state index contributed by atoms with van der Waals surface area (Å²) in [5, 5.41) is 10.6.